The van der Waals surface area contributed by atoms with Crippen LogP contribution in [-0.4, -0.2) is 30.7 Å². The fraction of sp³-hybridized carbons (Fsp3) is 0.417. The number of benzene rings is 1. The lowest BCUT2D eigenvalue weighted by Crippen LogP contribution is -2.41. The molecular weight excluding hydrogens is 272 g/mol. The molecule has 1 amide bonds. The van der Waals surface area contributed by atoms with Crippen LogP contribution in [0.3, 0.4) is 0 Å². The van der Waals surface area contributed by atoms with E-state index in [1.807, 2.05) is 0 Å². The van der Waals surface area contributed by atoms with Crippen molar-refractivity contribution in [3.8, 4) is 5.75 Å². The quantitative estimate of drug-likeness (QED) is 0.883. The highest BCUT2D eigenvalue weighted by molar-refractivity contribution is 7.99. The first-order chi connectivity index (χ1) is 8.70. The van der Waals surface area contributed by atoms with Gasteiger partial charge in [-0.25, -0.2) is 0 Å². The summed E-state index contributed by atoms with van der Waals surface area (Å²) >= 11 is 7.66. The Kier molecular flexibility index (Phi) is 4.74. The number of rotatable bonds is 4. The zero-order valence-corrected chi connectivity index (χ0v) is 11.6. The molecule has 0 aliphatic carbocycles. The number of nitrogens with one attached hydrogen (secondary N) is 2. The molecule has 0 bridgehead atoms. The van der Waals surface area contributed by atoms with E-state index in [-0.39, 0.29) is 11.9 Å². The lowest BCUT2D eigenvalue weighted by molar-refractivity contribution is -0.122. The van der Waals surface area contributed by atoms with Crippen molar-refractivity contribution in [3.05, 3.63) is 28.8 Å². The van der Waals surface area contributed by atoms with Crippen LogP contribution in [-0.2, 0) is 11.3 Å². The monoisotopic (exact) mass is 286 g/mol. The van der Waals surface area contributed by atoms with Crippen molar-refractivity contribution in [2.75, 3.05) is 18.7 Å². The van der Waals surface area contributed by atoms with Gasteiger partial charge in [0.05, 0.1) is 13.2 Å². The Morgan fingerprint density at radius 3 is 3.17 bits per heavy atom. The number of thioether (sulfide) groups is 1. The van der Waals surface area contributed by atoms with Crippen molar-refractivity contribution < 1.29 is 9.53 Å². The van der Waals surface area contributed by atoms with E-state index in [1.54, 1.807) is 37.1 Å². The maximum Gasteiger partial charge on any atom is 0.238 e. The highest BCUT2D eigenvalue weighted by Gasteiger charge is 2.22. The van der Waals surface area contributed by atoms with Gasteiger partial charge in [0.1, 0.15) is 5.75 Å². The fourth-order valence-corrected chi connectivity index (χ4v) is 2.89. The second-order valence-electron chi connectivity index (χ2n) is 3.95. The molecule has 0 spiro atoms. The SMILES string of the molecule is COc1ccc(Cl)cc1CNC(=O)C1CSCN1. The zero-order chi connectivity index (χ0) is 13.0. The second-order valence-corrected chi connectivity index (χ2v) is 5.41. The highest BCUT2D eigenvalue weighted by Crippen LogP contribution is 2.22. The third-order valence-corrected chi connectivity index (χ3v) is 3.90. The number of ether oxygens (including phenoxy) is 1. The van der Waals surface area contributed by atoms with Gasteiger partial charge in [-0.3, -0.25) is 10.1 Å². The lowest BCUT2D eigenvalue weighted by atomic mass is 10.2. The summed E-state index contributed by atoms with van der Waals surface area (Å²) in [5, 5.41) is 6.65. The summed E-state index contributed by atoms with van der Waals surface area (Å²) in [7, 11) is 1.60. The van der Waals surface area contributed by atoms with Crippen LogP contribution < -0.4 is 15.4 Å². The Hall–Kier alpha value is -0.910. The molecule has 1 aliphatic heterocycles. The van der Waals surface area contributed by atoms with Crippen LogP contribution in [0.2, 0.25) is 5.02 Å². The maximum absolute atomic E-state index is 11.8. The van der Waals surface area contributed by atoms with Crippen LogP contribution in [0.25, 0.3) is 0 Å². The molecule has 1 aromatic carbocycles. The average Bonchev–Trinajstić information content (AvgIpc) is 2.90. The minimum absolute atomic E-state index is 0.0158. The molecule has 4 nitrogen and oxygen atoms in total. The van der Waals surface area contributed by atoms with Gasteiger partial charge in [0.2, 0.25) is 5.91 Å². The van der Waals surface area contributed by atoms with Gasteiger partial charge in [-0.2, -0.15) is 0 Å². The van der Waals surface area contributed by atoms with Crippen molar-refractivity contribution in [3.63, 3.8) is 0 Å². The first-order valence-electron chi connectivity index (χ1n) is 5.62. The van der Waals surface area contributed by atoms with Crippen LogP contribution in [0.4, 0.5) is 0 Å². The first-order valence-corrected chi connectivity index (χ1v) is 7.15. The predicted octanol–water partition coefficient (Wildman–Crippen LogP) is 1.63. The third kappa shape index (κ3) is 3.31. The Morgan fingerprint density at radius 1 is 1.67 bits per heavy atom. The molecule has 98 valence electrons. The summed E-state index contributed by atoms with van der Waals surface area (Å²) < 4.78 is 5.23. The molecular formula is C12H15ClN2O2S. The molecule has 2 N–H and O–H groups in total. The maximum atomic E-state index is 11.8. The topological polar surface area (TPSA) is 50.4 Å². The summed E-state index contributed by atoms with van der Waals surface area (Å²) in [6.07, 6.45) is 0. The molecule has 0 aromatic heterocycles. The molecule has 0 saturated carbocycles. The van der Waals surface area contributed by atoms with Gasteiger partial charge in [-0.1, -0.05) is 11.6 Å². The number of hydrogen-bond donors (Lipinski definition) is 2. The smallest absolute Gasteiger partial charge is 0.238 e. The number of carbonyl (C=O) groups is 1. The van der Waals surface area contributed by atoms with Gasteiger partial charge in [0, 0.05) is 28.8 Å². The van der Waals surface area contributed by atoms with E-state index in [0.717, 1.165) is 22.9 Å². The standard InChI is InChI=1S/C12H15ClN2O2S/c1-17-11-3-2-9(13)4-8(11)5-14-12(16)10-6-18-7-15-10/h2-4,10,15H,5-7H2,1H3,(H,14,16). The molecule has 1 atom stereocenters. The zero-order valence-electron chi connectivity index (χ0n) is 10.0. The van der Waals surface area contributed by atoms with E-state index in [2.05, 4.69) is 10.6 Å². The van der Waals surface area contributed by atoms with Gasteiger partial charge in [0.15, 0.2) is 0 Å². The molecule has 0 radical (unpaired) electrons. The number of amides is 1. The van der Waals surface area contributed by atoms with Crippen molar-refractivity contribution in [1.82, 2.24) is 10.6 Å². The predicted molar refractivity (Wildman–Crippen MR) is 74.1 cm³/mol. The molecule has 1 aliphatic rings. The molecule has 1 heterocycles. The molecule has 2 rings (SSSR count). The summed E-state index contributed by atoms with van der Waals surface area (Å²) in [4.78, 5) is 11.8. The van der Waals surface area contributed by atoms with Gasteiger partial charge < -0.3 is 10.1 Å². The molecule has 6 heteroatoms. The second kappa shape index (κ2) is 6.31. The van der Waals surface area contributed by atoms with Crippen molar-refractivity contribution in [2.24, 2.45) is 0 Å². The van der Waals surface area contributed by atoms with Crippen molar-refractivity contribution >= 4 is 29.3 Å². The lowest BCUT2D eigenvalue weighted by Gasteiger charge is -2.13. The first kappa shape index (κ1) is 13.5. The van der Waals surface area contributed by atoms with Crippen LogP contribution >= 0.6 is 23.4 Å². The van der Waals surface area contributed by atoms with E-state index in [4.69, 9.17) is 16.3 Å². The Balaban J connectivity index is 1.96. The van der Waals surface area contributed by atoms with E-state index >= 15 is 0 Å². The van der Waals surface area contributed by atoms with Crippen molar-refractivity contribution in [2.45, 2.75) is 12.6 Å². The molecule has 1 aromatic rings. The number of methoxy groups -OCH3 is 1. The molecule has 1 fully saturated rings. The normalized spacial score (nSPS) is 18.7. The summed E-state index contributed by atoms with van der Waals surface area (Å²) in [6, 6.07) is 5.27. The Morgan fingerprint density at radius 2 is 2.50 bits per heavy atom. The van der Waals surface area contributed by atoms with Gasteiger partial charge in [0.25, 0.3) is 0 Å². The minimum atomic E-state index is -0.0971. The fourth-order valence-electron chi connectivity index (χ4n) is 1.75. The largest absolute Gasteiger partial charge is 0.496 e. The molecule has 1 unspecified atom stereocenters. The number of carbonyl (C=O) groups excluding carboxylic acids is 1. The third-order valence-electron chi connectivity index (χ3n) is 2.73. The molecule has 18 heavy (non-hydrogen) atoms. The summed E-state index contributed by atoms with van der Waals surface area (Å²) in [6.45, 7) is 0.422. The van der Waals surface area contributed by atoms with Crippen LogP contribution in [0.15, 0.2) is 18.2 Å². The summed E-state index contributed by atoms with van der Waals surface area (Å²) in [5.74, 6) is 2.40. The summed E-state index contributed by atoms with van der Waals surface area (Å²) in [5.41, 5.74) is 0.879. The van der Waals surface area contributed by atoms with Gasteiger partial charge in [-0.05, 0) is 18.2 Å². The molecule has 1 saturated heterocycles. The van der Waals surface area contributed by atoms with Gasteiger partial charge in [-0.15, -0.1) is 11.8 Å². The minimum Gasteiger partial charge on any atom is -0.496 e. The van der Waals surface area contributed by atoms with E-state index in [9.17, 15) is 4.79 Å². The van der Waals surface area contributed by atoms with E-state index in [1.165, 1.54) is 0 Å². The Bertz CT molecular complexity index is 436. The number of hydrogen-bond acceptors (Lipinski definition) is 4. The van der Waals surface area contributed by atoms with Crippen molar-refractivity contribution in [1.29, 1.82) is 0 Å². The van der Waals surface area contributed by atoms with Gasteiger partial charge >= 0.3 is 0 Å². The van der Waals surface area contributed by atoms with Crippen LogP contribution in [0.5, 0.6) is 5.75 Å². The van der Waals surface area contributed by atoms with Crippen LogP contribution in [0, 0.1) is 0 Å². The highest BCUT2D eigenvalue weighted by atomic mass is 35.5. The van der Waals surface area contributed by atoms with E-state index < -0.39 is 0 Å². The van der Waals surface area contributed by atoms with Crippen LogP contribution in [0.1, 0.15) is 5.56 Å². The van der Waals surface area contributed by atoms with E-state index in [0.29, 0.717) is 11.6 Å². The number of halogens is 1. The Labute approximate surface area is 115 Å². The average molecular weight is 287 g/mol.